The third-order valence-electron chi connectivity index (χ3n) is 3.10. The predicted octanol–water partition coefficient (Wildman–Crippen LogP) is 3.40. The van der Waals surface area contributed by atoms with Crippen LogP contribution in [0, 0.1) is 5.41 Å². The molecule has 0 aliphatic carbocycles. The molecule has 0 heterocycles. The smallest absolute Gasteiger partial charge is 0.147 e. The molecule has 0 N–H and O–H groups in total. The first-order chi connectivity index (χ1) is 6.89. The molecule has 15 heavy (non-hydrogen) atoms. The van der Waals surface area contributed by atoms with Crippen molar-refractivity contribution in [2.45, 2.75) is 46.0 Å². The van der Waals surface area contributed by atoms with Gasteiger partial charge in [-0.2, -0.15) is 0 Å². The van der Waals surface area contributed by atoms with E-state index in [0.29, 0.717) is 5.75 Å². The first kappa shape index (κ1) is 15.4. The summed E-state index contributed by atoms with van der Waals surface area (Å²) in [4.78, 5) is 0. The molecule has 92 valence electrons. The molecule has 0 aliphatic heterocycles. The number of hydrogen-bond donors (Lipinski definition) is 0. The lowest BCUT2D eigenvalue weighted by molar-refractivity contribution is 0.276. The number of halogens is 1. The minimum absolute atomic E-state index is 0.180. The molecule has 0 fully saturated rings. The maximum atomic E-state index is 11.2. The predicted molar refractivity (Wildman–Crippen MR) is 70.4 cm³/mol. The van der Waals surface area contributed by atoms with Crippen molar-refractivity contribution in [1.82, 2.24) is 0 Å². The summed E-state index contributed by atoms with van der Waals surface area (Å²) >= 11 is 3.54. The van der Waals surface area contributed by atoms with Crippen LogP contribution in [0.2, 0.25) is 0 Å². The van der Waals surface area contributed by atoms with Crippen LogP contribution in [0.1, 0.15) is 46.0 Å². The van der Waals surface area contributed by atoms with Gasteiger partial charge in [0.05, 0.1) is 5.75 Å². The lowest BCUT2D eigenvalue weighted by Crippen LogP contribution is -2.25. The summed E-state index contributed by atoms with van der Waals surface area (Å²) in [5, 5.41) is 0.909. The van der Waals surface area contributed by atoms with Crippen LogP contribution in [0.15, 0.2) is 0 Å². The van der Waals surface area contributed by atoms with Crippen LogP contribution in [0.4, 0.5) is 0 Å². The summed E-state index contributed by atoms with van der Waals surface area (Å²) in [6.07, 6.45) is 6.64. The van der Waals surface area contributed by atoms with Gasteiger partial charge in [-0.05, 0) is 24.7 Å². The minimum atomic E-state index is -2.82. The van der Waals surface area contributed by atoms with Crippen LogP contribution in [0.5, 0.6) is 0 Å². The van der Waals surface area contributed by atoms with E-state index >= 15 is 0 Å². The van der Waals surface area contributed by atoms with Crippen molar-refractivity contribution in [3.05, 3.63) is 0 Å². The topological polar surface area (TPSA) is 34.1 Å². The first-order valence-electron chi connectivity index (χ1n) is 5.63. The van der Waals surface area contributed by atoms with E-state index in [-0.39, 0.29) is 5.41 Å². The van der Waals surface area contributed by atoms with Crippen molar-refractivity contribution in [2.24, 2.45) is 5.41 Å². The summed E-state index contributed by atoms with van der Waals surface area (Å²) < 4.78 is 22.3. The zero-order valence-electron chi connectivity index (χ0n) is 10.1. The van der Waals surface area contributed by atoms with Crippen molar-refractivity contribution in [2.75, 3.05) is 17.3 Å². The lowest BCUT2D eigenvalue weighted by atomic mass is 9.80. The van der Waals surface area contributed by atoms with Crippen LogP contribution in [-0.4, -0.2) is 25.8 Å². The lowest BCUT2D eigenvalue weighted by Gasteiger charge is -2.30. The Labute approximate surface area is 103 Å². The van der Waals surface area contributed by atoms with E-state index in [2.05, 4.69) is 29.8 Å². The zero-order chi connectivity index (χ0) is 11.9. The van der Waals surface area contributed by atoms with E-state index in [1.54, 1.807) is 0 Å². The van der Waals surface area contributed by atoms with E-state index in [9.17, 15) is 8.42 Å². The summed E-state index contributed by atoms with van der Waals surface area (Å²) in [6, 6.07) is 0. The highest BCUT2D eigenvalue weighted by Crippen LogP contribution is 2.35. The van der Waals surface area contributed by atoms with E-state index < -0.39 is 9.84 Å². The van der Waals surface area contributed by atoms with Gasteiger partial charge in [-0.25, -0.2) is 8.42 Å². The Morgan fingerprint density at radius 1 is 1.20 bits per heavy atom. The molecule has 1 unspecified atom stereocenters. The summed E-state index contributed by atoms with van der Waals surface area (Å²) in [5.74, 6) is 0.316. The second kappa shape index (κ2) is 6.89. The highest BCUT2D eigenvalue weighted by Gasteiger charge is 2.27. The van der Waals surface area contributed by atoms with E-state index in [0.717, 1.165) is 24.6 Å². The molecule has 0 aromatic heterocycles. The van der Waals surface area contributed by atoms with Gasteiger partial charge in [-0.1, -0.05) is 42.6 Å². The summed E-state index contributed by atoms with van der Waals surface area (Å²) in [6.45, 7) is 4.32. The monoisotopic (exact) mass is 298 g/mol. The molecular weight excluding hydrogens is 276 g/mol. The van der Waals surface area contributed by atoms with Gasteiger partial charge in [-0.3, -0.25) is 0 Å². The number of sulfone groups is 1. The van der Waals surface area contributed by atoms with Gasteiger partial charge in [0.15, 0.2) is 0 Å². The molecule has 0 saturated heterocycles. The minimum Gasteiger partial charge on any atom is -0.229 e. The van der Waals surface area contributed by atoms with Gasteiger partial charge in [0.1, 0.15) is 9.84 Å². The van der Waals surface area contributed by atoms with Crippen LogP contribution in [0.25, 0.3) is 0 Å². The van der Waals surface area contributed by atoms with Crippen LogP contribution < -0.4 is 0 Å². The molecule has 1 atom stereocenters. The van der Waals surface area contributed by atoms with Gasteiger partial charge in [0.2, 0.25) is 0 Å². The van der Waals surface area contributed by atoms with Crippen molar-refractivity contribution < 1.29 is 8.42 Å². The molecule has 0 saturated carbocycles. The third-order valence-corrected chi connectivity index (χ3v) is 5.23. The van der Waals surface area contributed by atoms with Crippen LogP contribution in [-0.2, 0) is 9.84 Å². The molecule has 0 amide bonds. The van der Waals surface area contributed by atoms with Gasteiger partial charge in [0.25, 0.3) is 0 Å². The SMILES string of the molecule is CCCCC(CC)(CBr)CCS(C)(=O)=O. The second-order valence-electron chi connectivity index (χ2n) is 4.47. The van der Waals surface area contributed by atoms with Crippen molar-refractivity contribution in [1.29, 1.82) is 0 Å². The summed E-state index contributed by atoms with van der Waals surface area (Å²) in [5.41, 5.74) is 0.180. The van der Waals surface area contributed by atoms with Gasteiger partial charge in [-0.15, -0.1) is 0 Å². The van der Waals surface area contributed by atoms with E-state index in [1.807, 2.05) is 0 Å². The standard InChI is InChI=1S/C11H23BrO2S/c1-4-6-7-11(5-2,10-12)8-9-15(3,13)14/h4-10H2,1-3H3. The molecular formula is C11H23BrO2S. The van der Waals surface area contributed by atoms with Crippen LogP contribution >= 0.6 is 15.9 Å². The molecule has 0 rings (SSSR count). The first-order valence-corrected chi connectivity index (χ1v) is 8.81. The molecule has 0 bridgehead atoms. The Bertz CT molecular complexity index is 256. The third kappa shape index (κ3) is 6.56. The fourth-order valence-corrected chi connectivity index (χ4v) is 3.42. The Morgan fingerprint density at radius 3 is 2.13 bits per heavy atom. The number of hydrogen-bond acceptors (Lipinski definition) is 2. The normalized spacial score (nSPS) is 16.3. The van der Waals surface area contributed by atoms with Gasteiger partial charge < -0.3 is 0 Å². The number of unbranched alkanes of at least 4 members (excludes halogenated alkanes) is 1. The largest absolute Gasteiger partial charge is 0.229 e. The Hall–Kier alpha value is 0.430. The number of alkyl halides is 1. The Morgan fingerprint density at radius 2 is 1.80 bits per heavy atom. The fourth-order valence-electron chi connectivity index (χ4n) is 1.66. The Kier molecular flexibility index (Phi) is 7.09. The average Bonchev–Trinajstić information content (AvgIpc) is 2.18. The highest BCUT2D eigenvalue weighted by molar-refractivity contribution is 9.09. The average molecular weight is 299 g/mol. The van der Waals surface area contributed by atoms with Gasteiger partial charge >= 0.3 is 0 Å². The molecule has 0 aliphatic rings. The second-order valence-corrected chi connectivity index (χ2v) is 7.29. The molecule has 0 spiro atoms. The van der Waals surface area contributed by atoms with Crippen molar-refractivity contribution in [3.63, 3.8) is 0 Å². The van der Waals surface area contributed by atoms with E-state index in [1.165, 1.54) is 19.1 Å². The highest BCUT2D eigenvalue weighted by atomic mass is 79.9. The fraction of sp³-hybridized carbons (Fsp3) is 1.00. The molecule has 0 radical (unpaired) electrons. The van der Waals surface area contributed by atoms with Gasteiger partial charge in [0, 0.05) is 11.6 Å². The van der Waals surface area contributed by atoms with Crippen molar-refractivity contribution >= 4 is 25.8 Å². The van der Waals surface area contributed by atoms with Crippen molar-refractivity contribution in [3.8, 4) is 0 Å². The molecule has 0 aromatic rings. The maximum Gasteiger partial charge on any atom is 0.147 e. The number of rotatable bonds is 8. The molecule has 2 nitrogen and oxygen atoms in total. The summed E-state index contributed by atoms with van der Waals surface area (Å²) in [7, 11) is -2.82. The quantitative estimate of drug-likeness (QED) is 0.644. The van der Waals surface area contributed by atoms with Crippen LogP contribution in [0.3, 0.4) is 0 Å². The maximum absolute atomic E-state index is 11.2. The van der Waals surface area contributed by atoms with E-state index in [4.69, 9.17) is 0 Å². The molecule has 0 aromatic carbocycles. The molecule has 4 heteroatoms. The zero-order valence-corrected chi connectivity index (χ0v) is 12.5. The Balaban J connectivity index is 4.36.